The average molecular weight is 274 g/mol. The van der Waals surface area contributed by atoms with E-state index in [0.29, 0.717) is 6.54 Å². The molecule has 3 nitrogen and oxygen atoms in total. The van der Waals surface area contributed by atoms with E-state index in [4.69, 9.17) is 10.5 Å². The first-order chi connectivity index (χ1) is 9.72. The molecular formula is C16H19FN2O. The molecule has 0 saturated carbocycles. The van der Waals surface area contributed by atoms with Gasteiger partial charge in [-0.05, 0) is 24.1 Å². The summed E-state index contributed by atoms with van der Waals surface area (Å²) in [5, 5.41) is 3.31. The lowest BCUT2D eigenvalue weighted by Gasteiger charge is -2.19. The van der Waals surface area contributed by atoms with E-state index in [1.165, 1.54) is 18.7 Å². The van der Waals surface area contributed by atoms with Crippen molar-refractivity contribution in [2.45, 2.75) is 12.5 Å². The molecule has 0 aliphatic heterocycles. The lowest BCUT2D eigenvalue weighted by molar-refractivity contribution is 0.386. The van der Waals surface area contributed by atoms with Crippen molar-refractivity contribution in [3.05, 3.63) is 59.9 Å². The van der Waals surface area contributed by atoms with E-state index < -0.39 is 0 Å². The van der Waals surface area contributed by atoms with Gasteiger partial charge in [-0.3, -0.25) is 0 Å². The summed E-state index contributed by atoms with van der Waals surface area (Å²) in [5.74, 6) is -0.143. The van der Waals surface area contributed by atoms with Gasteiger partial charge in [-0.15, -0.1) is 0 Å². The lowest BCUT2D eigenvalue weighted by Crippen LogP contribution is -2.31. The van der Waals surface area contributed by atoms with Crippen molar-refractivity contribution in [3.63, 3.8) is 0 Å². The molecule has 0 aromatic heterocycles. The van der Waals surface area contributed by atoms with Gasteiger partial charge in [0.2, 0.25) is 0 Å². The molecule has 2 rings (SSSR count). The normalized spacial score (nSPS) is 11.9. The van der Waals surface area contributed by atoms with E-state index in [9.17, 15) is 4.39 Å². The number of hydrogen-bond donors (Lipinski definition) is 2. The topological polar surface area (TPSA) is 47.3 Å². The van der Waals surface area contributed by atoms with Crippen LogP contribution >= 0.6 is 0 Å². The maximum atomic E-state index is 13.4. The van der Waals surface area contributed by atoms with Crippen LogP contribution in [0, 0.1) is 5.82 Å². The van der Waals surface area contributed by atoms with E-state index in [1.807, 2.05) is 18.2 Å². The molecule has 0 saturated heterocycles. The largest absolute Gasteiger partial charge is 0.494 e. The highest BCUT2D eigenvalue weighted by Gasteiger charge is 2.09. The molecule has 0 spiro atoms. The summed E-state index contributed by atoms with van der Waals surface area (Å²) in [5.41, 5.74) is 7.81. The van der Waals surface area contributed by atoms with Gasteiger partial charge in [0.25, 0.3) is 0 Å². The molecule has 0 aliphatic rings. The minimum Gasteiger partial charge on any atom is -0.494 e. The highest BCUT2D eigenvalue weighted by molar-refractivity contribution is 5.49. The third-order valence-electron chi connectivity index (χ3n) is 3.13. The standard InChI is InChI=1S/C16H19FN2O/c1-20-16-10-13(7-8-15(16)17)19-14(11-18)9-12-5-3-2-4-6-12/h2-8,10,14,19H,9,11,18H2,1H3. The van der Waals surface area contributed by atoms with Crippen LogP contribution in [-0.2, 0) is 6.42 Å². The predicted octanol–water partition coefficient (Wildman–Crippen LogP) is 2.82. The highest BCUT2D eigenvalue weighted by Crippen LogP contribution is 2.22. The third kappa shape index (κ3) is 3.71. The second kappa shape index (κ2) is 6.91. The van der Waals surface area contributed by atoms with Crippen LogP contribution in [0.15, 0.2) is 48.5 Å². The second-order valence-corrected chi connectivity index (χ2v) is 4.62. The first-order valence-corrected chi connectivity index (χ1v) is 6.57. The fraction of sp³-hybridized carbons (Fsp3) is 0.250. The van der Waals surface area contributed by atoms with Gasteiger partial charge in [0.05, 0.1) is 7.11 Å². The molecule has 2 aromatic carbocycles. The zero-order chi connectivity index (χ0) is 14.4. The predicted molar refractivity (Wildman–Crippen MR) is 79.6 cm³/mol. The first kappa shape index (κ1) is 14.3. The van der Waals surface area contributed by atoms with Crippen molar-refractivity contribution in [2.24, 2.45) is 5.73 Å². The van der Waals surface area contributed by atoms with E-state index in [2.05, 4.69) is 17.4 Å². The number of hydrogen-bond acceptors (Lipinski definition) is 3. The fourth-order valence-electron chi connectivity index (χ4n) is 2.08. The number of halogens is 1. The number of nitrogens with two attached hydrogens (primary N) is 1. The van der Waals surface area contributed by atoms with Gasteiger partial charge in [0, 0.05) is 24.3 Å². The van der Waals surface area contributed by atoms with E-state index in [0.717, 1.165) is 12.1 Å². The van der Waals surface area contributed by atoms with Crippen LogP contribution in [0.25, 0.3) is 0 Å². The summed E-state index contributed by atoms with van der Waals surface area (Å²) >= 11 is 0. The minimum atomic E-state index is -0.370. The van der Waals surface area contributed by atoms with Gasteiger partial charge in [-0.2, -0.15) is 0 Å². The molecule has 1 unspecified atom stereocenters. The highest BCUT2D eigenvalue weighted by atomic mass is 19.1. The average Bonchev–Trinajstić information content (AvgIpc) is 2.49. The van der Waals surface area contributed by atoms with Gasteiger partial charge in [-0.1, -0.05) is 30.3 Å². The second-order valence-electron chi connectivity index (χ2n) is 4.62. The number of rotatable bonds is 6. The lowest BCUT2D eigenvalue weighted by atomic mass is 10.1. The van der Waals surface area contributed by atoms with Gasteiger partial charge in [0.15, 0.2) is 11.6 Å². The SMILES string of the molecule is COc1cc(NC(CN)Cc2ccccc2)ccc1F. The fourth-order valence-corrected chi connectivity index (χ4v) is 2.08. The number of benzene rings is 2. The zero-order valence-corrected chi connectivity index (χ0v) is 11.5. The summed E-state index contributed by atoms with van der Waals surface area (Å²) < 4.78 is 18.3. The quantitative estimate of drug-likeness (QED) is 0.851. The van der Waals surface area contributed by atoms with Gasteiger partial charge in [0.1, 0.15) is 0 Å². The molecular weight excluding hydrogens is 255 g/mol. The summed E-state index contributed by atoms with van der Waals surface area (Å²) in [6.07, 6.45) is 0.816. The van der Waals surface area contributed by atoms with E-state index in [-0.39, 0.29) is 17.6 Å². The molecule has 20 heavy (non-hydrogen) atoms. The van der Waals surface area contributed by atoms with Crippen LogP contribution in [0.5, 0.6) is 5.75 Å². The van der Waals surface area contributed by atoms with Crippen LogP contribution < -0.4 is 15.8 Å². The molecule has 0 fully saturated rings. The summed E-state index contributed by atoms with van der Waals surface area (Å²) in [6.45, 7) is 0.495. The molecule has 0 aliphatic carbocycles. The number of methoxy groups -OCH3 is 1. The maximum absolute atomic E-state index is 13.4. The molecule has 106 valence electrons. The Morgan fingerprint density at radius 3 is 2.60 bits per heavy atom. The Morgan fingerprint density at radius 2 is 1.95 bits per heavy atom. The first-order valence-electron chi connectivity index (χ1n) is 6.57. The van der Waals surface area contributed by atoms with Crippen LogP contribution in [0.4, 0.5) is 10.1 Å². The van der Waals surface area contributed by atoms with Crippen LogP contribution in [0.3, 0.4) is 0 Å². The number of nitrogens with one attached hydrogen (secondary N) is 1. The Bertz CT molecular complexity index is 545. The van der Waals surface area contributed by atoms with Crippen LogP contribution in [0.1, 0.15) is 5.56 Å². The monoisotopic (exact) mass is 274 g/mol. The maximum Gasteiger partial charge on any atom is 0.165 e. The van der Waals surface area contributed by atoms with E-state index >= 15 is 0 Å². The van der Waals surface area contributed by atoms with Gasteiger partial charge in [-0.25, -0.2) is 4.39 Å². The van der Waals surface area contributed by atoms with Crippen molar-refractivity contribution >= 4 is 5.69 Å². The zero-order valence-electron chi connectivity index (χ0n) is 11.5. The van der Waals surface area contributed by atoms with Gasteiger partial charge >= 0.3 is 0 Å². The van der Waals surface area contributed by atoms with Crippen LogP contribution in [0.2, 0.25) is 0 Å². The van der Waals surface area contributed by atoms with Crippen molar-refractivity contribution in [1.82, 2.24) is 0 Å². The summed E-state index contributed by atoms with van der Waals surface area (Å²) in [4.78, 5) is 0. The Kier molecular flexibility index (Phi) is 4.96. The number of ether oxygens (including phenoxy) is 1. The molecule has 0 bridgehead atoms. The Morgan fingerprint density at radius 1 is 1.20 bits per heavy atom. The molecule has 0 radical (unpaired) electrons. The van der Waals surface area contributed by atoms with Crippen molar-refractivity contribution in [3.8, 4) is 5.75 Å². The summed E-state index contributed by atoms with van der Waals surface area (Å²) in [6, 6.07) is 14.9. The Hall–Kier alpha value is -2.07. The summed E-state index contributed by atoms with van der Waals surface area (Å²) in [7, 11) is 1.45. The van der Waals surface area contributed by atoms with E-state index in [1.54, 1.807) is 12.1 Å². The smallest absolute Gasteiger partial charge is 0.165 e. The molecule has 0 amide bonds. The molecule has 4 heteroatoms. The Labute approximate surface area is 118 Å². The molecule has 0 heterocycles. The van der Waals surface area contributed by atoms with Crippen molar-refractivity contribution in [2.75, 3.05) is 19.0 Å². The van der Waals surface area contributed by atoms with Crippen LogP contribution in [-0.4, -0.2) is 19.7 Å². The van der Waals surface area contributed by atoms with Crippen molar-refractivity contribution < 1.29 is 9.13 Å². The van der Waals surface area contributed by atoms with Crippen molar-refractivity contribution in [1.29, 1.82) is 0 Å². The third-order valence-corrected chi connectivity index (χ3v) is 3.13. The minimum absolute atomic E-state index is 0.0903. The molecule has 3 N–H and O–H groups in total. The molecule has 2 aromatic rings. The Balaban J connectivity index is 2.06. The number of anilines is 1. The molecule has 1 atom stereocenters. The van der Waals surface area contributed by atoms with Gasteiger partial charge < -0.3 is 15.8 Å².